The number of aryl methyl sites for hydroxylation is 2. The van der Waals surface area contributed by atoms with Crippen LogP contribution in [0.1, 0.15) is 49.2 Å². The summed E-state index contributed by atoms with van der Waals surface area (Å²) in [5, 5.41) is 12.6. The van der Waals surface area contributed by atoms with E-state index in [2.05, 4.69) is 51.6 Å². The molecule has 0 atom stereocenters. The van der Waals surface area contributed by atoms with Crippen molar-refractivity contribution >= 4 is 17.6 Å². The van der Waals surface area contributed by atoms with Gasteiger partial charge in [-0.1, -0.05) is 37.6 Å². The van der Waals surface area contributed by atoms with Crippen LogP contribution >= 0.6 is 11.6 Å². The third kappa shape index (κ3) is 5.76. The Hall–Kier alpha value is -2.05. The molecule has 0 spiro atoms. The predicted molar refractivity (Wildman–Crippen MR) is 125 cm³/mol. The second-order valence-corrected chi connectivity index (χ2v) is 8.39. The Morgan fingerprint density at radius 2 is 1.87 bits per heavy atom. The van der Waals surface area contributed by atoms with Crippen molar-refractivity contribution in [1.82, 2.24) is 25.3 Å². The number of benzene rings is 1. The Kier molecular flexibility index (Phi) is 8.16. The van der Waals surface area contributed by atoms with E-state index in [1.807, 2.05) is 30.9 Å². The molecule has 0 radical (unpaired) electrons. The zero-order chi connectivity index (χ0) is 21.5. The van der Waals surface area contributed by atoms with Crippen molar-refractivity contribution in [3.63, 3.8) is 0 Å². The number of piperidine rings is 1. The highest BCUT2D eigenvalue weighted by Gasteiger charge is 2.20. The number of aromatic nitrogens is 2. The lowest BCUT2D eigenvalue weighted by Gasteiger charge is -2.33. The first kappa shape index (κ1) is 22.6. The fourth-order valence-corrected chi connectivity index (χ4v) is 4.36. The summed E-state index contributed by atoms with van der Waals surface area (Å²) in [5.74, 6) is 0.874. The third-order valence-electron chi connectivity index (χ3n) is 5.93. The number of hydrogen-bond donors (Lipinski definition) is 2. The molecule has 2 heterocycles. The van der Waals surface area contributed by atoms with E-state index >= 15 is 0 Å². The summed E-state index contributed by atoms with van der Waals surface area (Å²) in [7, 11) is 3.88. The molecule has 30 heavy (non-hydrogen) atoms. The Bertz CT molecular complexity index is 834. The first-order valence-electron chi connectivity index (χ1n) is 11.0. The summed E-state index contributed by atoms with van der Waals surface area (Å²) in [6.45, 7) is 8.26. The number of nitrogens with zero attached hydrogens (tertiary/aromatic N) is 4. The minimum absolute atomic E-state index is 0.447. The minimum Gasteiger partial charge on any atom is -0.354 e. The summed E-state index contributed by atoms with van der Waals surface area (Å²) < 4.78 is 2.02. The lowest BCUT2D eigenvalue weighted by molar-refractivity contribution is 0.198. The molecule has 0 amide bonds. The number of guanidine groups is 1. The summed E-state index contributed by atoms with van der Waals surface area (Å²) in [5.41, 5.74) is 5.10. The van der Waals surface area contributed by atoms with E-state index in [4.69, 9.17) is 11.6 Å². The number of rotatable bonds is 7. The number of hydrogen-bond acceptors (Lipinski definition) is 3. The summed E-state index contributed by atoms with van der Waals surface area (Å²) in [6.07, 6.45) is 4.16. The maximum atomic E-state index is 5.99. The van der Waals surface area contributed by atoms with Crippen LogP contribution in [0.3, 0.4) is 0 Å². The lowest BCUT2D eigenvalue weighted by atomic mass is 10.0. The molecule has 0 unspecified atom stereocenters. The molecule has 1 aliphatic rings. The van der Waals surface area contributed by atoms with E-state index in [9.17, 15) is 0 Å². The second-order valence-electron chi connectivity index (χ2n) is 7.95. The van der Waals surface area contributed by atoms with Crippen LogP contribution in [0, 0.1) is 0 Å². The van der Waals surface area contributed by atoms with Gasteiger partial charge in [-0.05, 0) is 43.4 Å². The number of nitrogens with one attached hydrogen (secondary N) is 2. The van der Waals surface area contributed by atoms with Gasteiger partial charge in [0.2, 0.25) is 0 Å². The van der Waals surface area contributed by atoms with Crippen LogP contribution in [0.5, 0.6) is 0 Å². The summed E-state index contributed by atoms with van der Waals surface area (Å²) in [6, 6.07) is 8.62. The molecule has 6 nitrogen and oxygen atoms in total. The van der Waals surface area contributed by atoms with Gasteiger partial charge in [-0.2, -0.15) is 5.10 Å². The molecule has 0 saturated carbocycles. The zero-order valence-corrected chi connectivity index (χ0v) is 19.5. The molecule has 7 heteroatoms. The Morgan fingerprint density at radius 3 is 2.47 bits per heavy atom. The predicted octanol–water partition coefficient (Wildman–Crippen LogP) is 3.53. The highest BCUT2D eigenvalue weighted by atomic mass is 35.5. The molecule has 2 aromatic rings. The summed E-state index contributed by atoms with van der Waals surface area (Å²) in [4.78, 5) is 6.96. The average molecular weight is 431 g/mol. The van der Waals surface area contributed by atoms with E-state index in [1.165, 1.54) is 22.5 Å². The van der Waals surface area contributed by atoms with Crippen molar-refractivity contribution < 1.29 is 0 Å². The SMILES string of the molecule is CCc1nn(C)c(CC)c1CNC(=NC)NC1CCN(Cc2ccc(Cl)cc2)CC1. The average Bonchev–Trinajstić information content (AvgIpc) is 3.08. The highest BCUT2D eigenvalue weighted by Crippen LogP contribution is 2.17. The summed E-state index contributed by atoms with van der Waals surface area (Å²) >= 11 is 5.99. The fourth-order valence-electron chi connectivity index (χ4n) is 4.24. The Balaban J connectivity index is 1.48. The molecule has 0 aliphatic carbocycles. The quantitative estimate of drug-likeness (QED) is 0.521. The smallest absolute Gasteiger partial charge is 0.191 e. The monoisotopic (exact) mass is 430 g/mol. The highest BCUT2D eigenvalue weighted by molar-refractivity contribution is 6.30. The van der Waals surface area contributed by atoms with Crippen LogP contribution in [-0.2, 0) is 33.0 Å². The molecule has 1 aliphatic heterocycles. The van der Waals surface area contributed by atoms with Gasteiger partial charge in [0.05, 0.1) is 5.69 Å². The van der Waals surface area contributed by atoms with Crippen LogP contribution in [0.15, 0.2) is 29.3 Å². The van der Waals surface area contributed by atoms with Gasteiger partial charge in [-0.15, -0.1) is 0 Å². The molecule has 1 aromatic heterocycles. The molecular formula is C23H35ClN6. The van der Waals surface area contributed by atoms with Crippen LogP contribution in [0.4, 0.5) is 0 Å². The van der Waals surface area contributed by atoms with Gasteiger partial charge in [-0.25, -0.2) is 0 Å². The van der Waals surface area contributed by atoms with Gasteiger partial charge in [0.1, 0.15) is 0 Å². The normalized spacial score (nSPS) is 16.1. The van der Waals surface area contributed by atoms with E-state index in [0.717, 1.165) is 62.8 Å². The van der Waals surface area contributed by atoms with E-state index < -0.39 is 0 Å². The molecule has 2 N–H and O–H groups in total. The molecule has 1 aromatic carbocycles. The first-order chi connectivity index (χ1) is 14.5. The maximum absolute atomic E-state index is 5.99. The van der Waals surface area contributed by atoms with Crippen molar-refractivity contribution in [2.75, 3.05) is 20.1 Å². The molecule has 164 valence electrons. The Labute approximate surface area is 185 Å². The fraction of sp³-hybridized carbons (Fsp3) is 0.565. The van der Waals surface area contributed by atoms with Crippen molar-refractivity contribution in [3.05, 3.63) is 51.8 Å². The molecule has 0 bridgehead atoms. The molecule has 3 rings (SSSR count). The van der Waals surface area contributed by atoms with E-state index in [-0.39, 0.29) is 0 Å². The third-order valence-corrected chi connectivity index (χ3v) is 6.18. The standard InChI is InChI=1S/C23H35ClN6/c1-5-21-20(22(6-2)29(4)28-21)15-26-23(25-3)27-19-11-13-30(14-12-19)16-17-7-9-18(24)10-8-17/h7-10,19H,5-6,11-16H2,1-4H3,(H2,25,26,27). The van der Waals surface area contributed by atoms with Gasteiger partial charge in [0.15, 0.2) is 5.96 Å². The van der Waals surface area contributed by atoms with Crippen molar-refractivity contribution in [2.45, 2.75) is 58.7 Å². The molecule has 1 fully saturated rings. The van der Waals surface area contributed by atoms with Crippen LogP contribution in [0.25, 0.3) is 0 Å². The second kappa shape index (κ2) is 10.8. The van der Waals surface area contributed by atoms with Gasteiger partial charge in [0, 0.05) is 62.6 Å². The van der Waals surface area contributed by atoms with Crippen LogP contribution in [0.2, 0.25) is 5.02 Å². The van der Waals surface area contributed by atoms with Gasteiger partial charge in [0.25, 0.3) is 0 Å². The van der Waals surface area contributed by atoms with Crippen LogP contribution in [-0.4, -0.2) is 46.8 Å². The van der Waals surface area contributed by atoms with E-state index in [1.54, 1.807) is 0 Å². The largest absolute Gasteiger partial charge is 0.354 e. The zero-order valence-electron chi connectivity index (χ0n) is 18.7. The van der Waals surface area contributed by atoms with Gasteiger partial charge in [-0.3, -0.25) is 14.6 Å². The lowest BCUT2D eigenvalue weighted by Crippen LogP contribution is -2.48. The van der Waals surface area contributed by atoms with Crippen molar-refractivity contribution in [3.8, 4) is 0 Å². The first-order valence-corrected chi connectivity index (χ1v) is 11.4. The number of halogens is 1. The number of likely N-dealkylation sites (tertiary alicyclic amines) is 1. The molecule has 1 saturated heterocycles. The Morgan fingerprint density at radius 1 is 1.17 bits per heavy atom. The maximum Gasteiger partial charge on any atom is 0.191 e. The van der Waals surface area contributed by atoms with Gasteiger partial charge >= 0.3 is 0 Å². The van der Waals surface area contributed by atoms with Crippen molar-refractivity contribution in [2.24, 2.45) is 12.0 Å². The van der Waals surface area contributed by atoms with Crippen LogP contribution < -0.4 is 10.6 Å². The van der Waals surface area contributed by atoms with Gasteiger partial charge < -0.3 is 10.6 Å². The molecular weight excluding hydrogens is 396 g/mol. The van der Waals surface area contributed by atoms with E-state index in [0.29, 0.717) is 6.04 Å². The number of aliphatic imine (C=N–C) groups is 1. The topological polar surface area (TPSA) is 57.5 Å². The van der Waals surface area contributed by atoms with Crippen molar-refractivity contribution in [1.29, 1.82) is 0 Å². The minimum atomic E-state index is 0.447.